The van der Waals surface area contributed by atoms with Crippen molar-refractivity contribution >= 4 is 45.4 Å². The molecule has 0 fully saturated rings. The van der Waals surface area contributed by atoms with Crippen LogP contribution in [0.2, 0.25) is 0 Å². The third-order valence-corrected chi connectivity index (χ3v) is 6.71. The molecular formula is C28H25N5O3. The Balaban J connectivity index is 1.27. The van der Waals surface area contributed by atoms with Gasteiger partial charge in [0.2, 0.25) is 11.9 Å². The van der Waals surface area contributed by atoms with E-state index in [0.717, 1.165) is 27.5 Å². The molecule has 0 saturated heterocycles. The second-order valence-electron chi connectivity index (χ2n) is 8.87. The molecule has 0 radical (unpaired) electrons. The first-order chi connectivity index (χ1) is 17.6. The van der Waals surface area contributed by atoms with Crippen LogP contribution < -0.4 is 15.0 Å². The van der Waals surface area contributed by atoms with Crippen LogP contribution in [0.25, 0.3) is 21.9 Å². The Kier molecular flexibility index (Phi) is 5.41. The lowest BCUT2D eigenvalue weighted by Gasteiger charge is -2.16. The number of hydrogen-bond donors (Lipinski definition) is 2. The number of H-pyrrole nitrogens is 1. The highest BCUT2D eigenvalue weighted by Gasteiger charge is 2.40. The lowest BCUT2D eigenvalue weighted by atomic mass is 10.1. The average molecular weight is 480 g/mol. The van der Waals surface area contributed by atoms with Crippen LogP contribution in [0.4, 0.5) is 11.6 Å². The summed E-state index contributed by atoms with van der Waals surface area (Å²) in [7, 11) is 1.59. The monoisotopic (exact) mass is 479 g/mol. The molecule has 3 aromatic carbocycles. The molecule has 0 aliphatic carbocycles. The number of carbonyl (C=O) groups excluding carboxylic acids is 2. The number of anilines is 2. The number of ether oxygens (including phenoxy) is 1. The number of carbonyl (C=O) groups is 2. The molecule has 0 bridgehead atoms. The third-order valence-electron chi connectivity index (χ3n) is 6.71. The highest BCUT2D eigenvalue weighted by atomic mass is 16.5. The van der Waals surface area contributed by atoms with Gasteiger partial charge in [-0.1, -0.05) is 30.3 Å². The third kappa shape index (κ3) is 3.76. The minimum Gasteiger partial charge on any atom is -0.497 e. The molecule has 8 heteroatoms. The molecule has 0 saturated carbocycles. The molecule has 8 nitrogen and oxygen atoms in total. The summed E-state index contributed by atoms with van der Waals surface area (Å²) in [5.74, 6) is 0.941. The van der Waals surface area contributed by atoms with E-state index in [1.807, 2.05) is 53.2 Å². The fourth-order valence-corrected chi connectivity index (χ4v) is 4.94. The average Bonchev–Trinajstić information content (AvgIpc) is 3.56. The van der Waals surface area contributed by atoms with Crippen molar-refractivity contribution in [1.29, 1.82) is 0 Å². The number of benzene rings is 3. The smallest absolute Gasteiger partial charge is 0.253 e. The molecule has 3 heterocycles. The van der Waals surface area contributed by atoms with Crippen LogP contribution in [0.3, 0.4) is 0 Å². The number of nitrogens with one attached hydrogen (secondary N) is 2. The van der Waals surface area contributed by atoms with Gasteiger partial charge in [-0.2, -0.15) is 0 Å². The summed E-state index contributed by atoms with van der Waals surface area (Å²) in [6.07, 6.45) is 2.68. The molecular weight excluding hydrogens is 454 g/mol. The van der Waals surface area contributed by atoms with Crippen LogP contribution in [0.15, 0.2) is 79.0 Å². The highest BCUT2D eigenvalue weighted by molar-refractivity contribution is 6.05. The predicted molar refractivity (Wildman–Crippen MR) is 139 cm³/mol. The van der Waals surface area contributed by atoms with Gasteiger partial charge in [0, 0.05) is 29.3 Å². The number of nitrogens with zero attached hydrogens (tertiary/aromatic N) is 3. The summed E-state index contributed by atoms with van der Waals surface area (Å²) in [5.41, 5.74) is 4.51. The molecule has 180 valence electrons. The van der Waals surface area contributed by atoms with Crippen LogP contribution in [-0.2, 0) is 16.0 Å². The zero-order valence-corrected chi connectivity index (χ0v) is 19.8. The van der Waals surface area contributed by atoms with Crippen molar-refractivity contribution in [3.05, 3.63) is 84.6 Å². The standard InChI is InChI=1S/C28H25N5O3/c1-36-20-12-10-19(11-13-20)30-26(34)16-25-27(35)32(28-31-23-8-4-5-9-24(23)33(25)28)15-14-18-17-29-22-7-3-2-6-21(18)22/h2-13,17,25,29H,14-16H2,1H3,(H,30,34)/t25-/m1/s1. The van der Waals surface area contributed by atoms with Gasteiger partial charge in [-0.25, -0.2) is 4.98 Å². The molecule has 2 N–H and O–H groups in total. The van der Waals surface area contributed by atoms with Crippen molar-refractivity contribution in [2.45, 2.75) is 18.9 Å². The number of aromatic nitrogens is 3. The molecule has 0 unspecified atom stereocenters. The molecule has 36 heavy (non-hydrogen) atoms. The summed E-state index contributed by atoms with van der Waals surface area (Å²) >= 11 is 0. The lowest BCUT2D eigenvalue weighted by Crippen LogP contribution is -2.33. The zero-order chi connectivity index (χ0) is 24.6. The fourth-order valence-electron chi connectivity index (χ4n) is 4.94. The van der Waals surface area contributed by atoms with Crippen LogP contribution >= 0.6 is 0 Å². The zero-order valence-electron chi connectivity index (χ0n) is 19.8. The minimum absolute atomic E-state index is 0.0157. The van der Waals surface area contributed by atoms with Gasteiger partial charge in [0.15, 0.2) is 0 Å². The number of rotatable bonds is 7. The van der Waals surface area contributed by atoms with Crippen LogP contribution in [-0.4, -0.2) is 40.0 Å². The molecule has 5 aromatic rings. The maximum absolute atomic E-state index is 13.6. The van der Waals surface area contributed by atoms with E-state index in [0.29, 0.717) is 30.4 Å². The first kappa shape index (κ1) is 21.9. The van der Waals surface area contributed by atoms with Crippen LogP contribution in [0.1, 0.15) is 18.0 Å². The topological polar surface area (TPSA) is 92.2 Å². The number of fused-ring (bicyclic) bond motifs is 4. The molecule has 1 aliphatic heterocycles. The molecule has 2 aromatic heterocycles. The quantitative estimate of drug-likeness (QED) is 0.354. The maximum atomic E-state index is 13.6. The van der Waals surface area contributed by atoms with Gasteiger partial charge in [-0.05, 0) is 54.4 Å². The van der Waals surface area contributed by atoms with E-state index < -0.39 is 6.04 Å². The van der Waals surface area contributed by atoms with Gasteiger partial charge in [0.1, 0.15) is 11.8 Å². The minimum atomic E-state index is -0.659. The van der Waals surface area contributed by atoms with Gasteiger partial charge in [0.05, 0.1) is 24.6 Å². The normalized spacial score (nSPS) is 15.0. The maximum Gasteiger partial charge on any atom is 0.253 e. The molecule has 0 spiro atoms. The Morgan fingerprint density at radius 2 is 1.83 bits per heavy atom. The Morgan fingerprint density at radius 1 is 1.06 bits per heavy atom. The van der Waals surface area contributed by atoms with Crippen molar-refractivity contribution in [2.24, 2.45) is 0 Å². The Morgan fingerprint density at radius 3 is 2.67 bits per heavy atom. The van der Waals surface area contributed by atoms with E-state index in [4.69, 9.17) is 9.72 Å². The van der Waals surface area contributed by atoms with Crippen LogP contribution in [0.5, 0.6) is 5.75 Å². The number of aromatic amines is 1. The molecule has 1 aliphatic rings. The van der Waals surface area contributed by atoms with E-state index in [9.17, 15) is 9.59 Å². The number of para-hydroxylation sites is 3. The van der Waals surface area contributed by atoms with E-state index in [1.165, 1.54) is 0 Å². The molecule has 6 rings (SSSR count). The fraction of sp³-hybridized carbons (Fsp3) is 0.179. The predicted octanol–water partition coefficient (Wildman–Crippen LogP) is 4.69. The van der Waals surface area contributed by atoms with E-state index >= 15 is 0 Å². The van der Waals surface area contributed by atoms with Gasteiger partial charge < -0.3 is 15.0 Å². The van der Waals surface area contributed by atoms with Gasteiger partial charge in [-0.3, -0.25) is 19.1 Å². The summed E-state index contributed by atoms with van der Waals surface area (Å²) in [4.78, 5) is 36.4. The van der Waals surface area contributed by atoms with Crippen molar-refractivity contribution < 1.29 is 14.3 Å². The first-order valence-corrected chi connectivity index (χ1v) is 11.9. The van der Waals surface area contributed by atoms with Crippen molar-refractivity contribution in [3.63, 3.8) is 0 Å². The van der Waals surface area contributed by atoms with Crippen LogP contribution in [0, 0.1) is 0 Å². The van der Waals surface area contributed by atoms with Gasteiger partial charge in [0.25, 0.3) is 5.91 Å². The lowest BCUT2D eigenvalue weighted by molar-refractivity contribution is -0.124. The van der Waals surface area contributed by atoms with Crippen molar-refractivity contribution in [1.82, 2.24) is 14.5 Å². The number of amides is 2. The molecule has 2 amide bonds. The first-order valence-electron chi connectivity index (χ1n) is 11.9. The van der Waals surface area contributed by atoms with E-state index in [2.05, 4.69) is 16.4 Å². The van der Waals surface area contributed by atoms with Gasteiger partial charge in [-0.15, -0.1) is 0 Å². The SMILES string of the molecule is COc1ccc(NC(=O)C[C@@H]2C(=O)N(CCc3c[nH]c4ccccc34)c3nc4ccccc4n32)cc1. The Bertz CT molecular complexity index is 1580. The number of imidazole rings is 1. The second-order valence-corrected chi connectivity index (χ2v) is 8.87. The van der Waals surface area contributed by atoms with Crippen molar-refractivity contribution in [2.75, 3.05) is 23.9 Å². The van der Waals surface area contributed by atoms with Gasteiger partial charge >= 0.3 is 0 Å². The summed E-state index contributed by atoms with van der Waals surface area (Å²) in [6, 6.07) is 22.3. The second kappa shape index (κ2) is 8.88. The summed E-state index contributed by atoms with van der Waals surface area (Å²) < 4.78 is 7.08. The Labute approximate surface area is 207 Å². The molecule has 1 atom stereocenters. The largest absolute Gasteiger partial charge is 0.497 e. The highest BCUT2D eigenvalue weighted by Crippen LogP contribution is 2.37. The van der Waals surface area contributed by atoms with E-state index in [-0.39, 0.29) is 18.2 Å². The summed E-state index contributed by atoms with van der Waals surface area (Å²) in [6.45, 7) is 0.473. The van der Waals surface area contributed by atoms with Crippen molar-refractivity contribution in [3.8, 4) is 5.75 Å². The number of methoxy groups -OCH3 is 1. The summed E-state index contributed by atoms with van der Waals surface area (Å²) in [5, 5.41) is 4.04. The Hall–Kier alpha value is -4.59. The number of hydrogen-bond acceptors (Lipinski definition) is 4. The van der Waals surface area contributed by atoms with E-state index in [1.54, 1.807) is 36.3 Å².